The molecule has 1 saturated heterocycles. The molecule has 1 heterocycles. The second kappa shape index (κ2) is 9.11. The van der Waals surface area contributed by atoms with E-state index in [1.54, 1.807) is 12.1 Å². The van der Waals surface area contributed by atoms with Gasteiger partial charge in [0.25, 0.3) is 0 Å². The van der Waals surface area contributed by atoms with Gasteiger partial charge >= 0.3 is 0 Å². The number of piperazine rings is 1. The first-order valence-electron chi connectivity index (χ1n) is 9.26. The van der Waals surface area contributed by atoms with Crippen LogP contribution in [0.2, 0.25) is 5.02 Å². The zero-order valence-corrected chi connectivity index (χ0v) is 17.5. The monoisotopic (exact) mass is 440 g/mol. The number of hydrogen-bond donors (Lipinski definition) is 0. The molecule has 0 saturated carbocycles. The number of ether oxygens (including phenoxy) is 1. The van der Waals surface area contributed by atoms with Crippen LogP contribution in [0.25, 0.3) is 0 Å². The van der Waals surface area contributed by atoms with Crippen LogP contribution in [0.4, 0.5) is 4.39 Å². The maximum Gasteiger partial charge on any atom is 0.243 e. The van der Waals surface area contributed by atoms with Crippen molar-refractivity contribution in [2.75, 3.05) is 32.8 Å². The molecule has 2 aromatic carbocycles. The molecule has 0 radical (unpaired) electrons. The molecule has 0 unspecified atom stereocenters. The molecule has 1 amide bonds. The number of halogens is 2. The van der Waals surface area contributed by atoms with E-state index in [9.17, 15) is 17.6 Å². The number of hydrogen-bond acceptors (Lipinski definition) is 4. The second-order valence-corrected chi connectivity index (χ2v) is 8.91. The number of carbonyl (C=O) groups is 1. The highest BCUT2D eigenvalue weighted by Gasteiger charge is 2.30. The number of amides is 1. The Labute approximate surface area is 174 Å². The van der Waals surface area contributed by atoms with Crippen molar-refractivity contribution < 1.29 is 22.3 Å². The lowest BCUT2D eigenvalue weighted by molar-refractivity contribution is -0.131. The number of sulfonamides is 1. The van der Waals surface area contributed by atoms with Gasteiger partial charge in [0.05, 0.1) is 17.9 Å². The normalized spacial score (nSPS) is 15.3. The third-order valence-electron chi connectivity index (χ3n) is 4.75. The first kappa shape index (κ1) is 21.5. The zero-order chi connectivity index (χ0) is 21.0. The molecule has 9 heteroatoms. The number of benzene rings is 2. The average molecular weight is 441 g/mol. The topological polar surface area (TPSA) is 66.9 Å². The molecule has 1 aliphatic rings. The van der Waals surface area contributed by atoms with Crippen LogP contribution in [-0.4, -0.2) is 56.3 Å². The fraction of sp³-hybridized carbons (Fsp3) is 0.350. The van der Waals surface area contributed by atoms with Gasteiger partial charge in [-0.25, -0.2) is 12.8 Å². The number of rotatable bonds is 6. The molecule has 0 aromatic heterocycles. The quantitative estimate of drug-likeness (QED) is 0.692. The van der Waals surface area contributed by atoms with Crippen molar-refractivity contribution in [2.45, 2.75) is 18.2 Å². The van der Waals surface area contributed by atoms with Gasteiger partial charge in [-0.1, -0.05) is 17.7 Å². The Bertz CT molecular complexity index is 954. The van der Waals surface area contributed by atoms with Gasteiger partial charge in [-0.2, -0.15) is 4.31 Å². The fourth-order valence-electron chi connectivity index (χ4n) is 3.17. The minimum absolute atomic E-state index is 0.156. The second-order valence-electron chi connectivity index (χ2n) is 6.57. The molecule has 0 atom stereocenters. The summed E-state index contributed by atoms with van der Waals surface area (Å²) in [6, 6.07) is 10.5. The molecule has 1 aliphatic heterocycles. The highest BCUT2D eigenvalue weighted by molar-refractivity contribution is 7.89. The van der Waals surface area contributed by atoms with Gasteiger partial charge in [0.1, 0.15) is 11.6 Å². The lowest BCUT2D eigenvalue weighted by Gasteiger charge is -2.34. The molecule has 3 rings (SSSR count). The van der Waals surface area contributed by atoms with E-state index < -0.39 is 15.8 Å². The van der Waals surface area contributed by atoms with Crippen molar-refractivity contribution in [3.05, 3.63) is 58.9 Å². The molecule has 0 bridgehead atoms. The number of carbonyl (C=O) groups excluding carboxylic acids is 1. The lowest BCUT2D eigenvalue weighted by atomic mass is 10.1. The highest BCUT2D eigenvalue weighted by Crippen LogP contribution is 2.23. The van der Waals surface area contributed by atoms with Gasteiger partial charge in [0.2, 0.25) is 15.9 Å². The maximum atomic E-state index is 13.9. The van der Waals surface area contributed by atoms with Gasteiger partial charge < -0.3 is 9.64 Å². The first-order valence-corrected chi connectivity index (χ1v) is 11.1. The molecule has 156 valence electrons. The molecule has 6 nitrogen and oxygen atoms in total. The van der Waals surface area contributed by atoms with Crippen molar-refractivity contribution in [2.24, 2.45) is 0 Å². The third-order valence-corrected chi connectivity index (χ3v) is 7.02. The van der Waals surface area contributed by atoms with Crippen molar-refractivity contribution in [3.63, 3.8) is 0 Å². The van der Waals surface area contributed by atoms with E-state index in [0.717, 1.165) is 0 Å². The van der Waals surface area contributed by atoms with Crippen LogP contribution < -0.4 is 4.74 Å². The molecular formula is C20H22ClFN2O4S. The van der Waals surface area contributed by atoms with Crippen molar-refractivity contribution in [1.29, 1.82) is 0 Å². The summed E-state index contributed by atoms with van der Waals surface area (Å²) >= 11 is 5.99. The van der Waals surface area contributed by atoms with Crippen molar-refractivity contribution >= 4 is 27.5 Å². The number of nitrogens with zero attached hydrogens (tertiary/aromatic N) is 2. The lowest BCUT2D eigenvalue weighted by Crippen LogP contribution is -2.50. The van der Waals surface area contributed by atoms with Crippen LogP contribution in [0, 0.1) is 5.82 Å². The maximum absolute atomic E-state index is 13.9. The predicted octanol–water partition coefficient (Wildman–Crippen LogP) is 2.95. The molecule has 2 aromatic rings. The van der Waals surface area contributed by atoms with Gasteiger partial charge in [0, 0.05) is 36.8 Å². The summed E-state index contributed by atoms with van der Waals surface area (Å²) in [6.45, 7) is 3.17. The summed E-state index contributed by atoms with van der Waals surface area (Å²) in [5.41, 5.74) is 0.156. The molecule has 29 heavy (non-hydrogen) atoms. The Kier molecular flexibility index (Phi) is 6.77. The van der Waals surface area contributed by atoms with E-state index in [-0.39, 0.29) is 54.0 Å². The summed E-state index contributed by atoms with van der Waals surface area (Å²) in [6.07, 6.45) is -0.156. The first-order chi connectivity index (χ1) is 13.8. The summed E-state index contributed by atoms with van der Waals surface area (Å²) in [5.74, 6) is -0.202. The van der Waals surface area contributed by atoms with E-state index in [1.807, 2.05) is 6.92 Å². The average Bonchev–Trinajstić information content (AvgIpc) is 2.71. The van der Waals surface area contributed by atoms with Gasteiger partial charge in [-0.15, -0.1) is 0 Å². The molecule has 0 spiro atoms. The largest absolute Gasteiger partial charge is 0.494 e. The Hall–Kier alpha value is -2.16. The minimum atomic E-state index is -3.66. The molecular weight excluding hydrogens is 419 g/mol. The van der Waals surface area contributed by atoms with E-state index in [1.165, 1.54) is 39.5 Å². The summed E-state index contributed by atoms with van der Waals surface area (Å²) in [7, 11) is -3.66. The molecule has 1 fully saturated rings. The third kappa shape index (κ3) is 4.88. The van der Waals surface area contributed by atoms with Crippen molar-refractivity contribution in [3.8, 4) is 5.75 Å². The highest BCUT2D eigenvalue weighted by atomic mass is 35.5. The molecule has 0 aliphatic carbocycles. The van der Waals surface area contributed by atoms with Crippen LogP contribution in [0.5, 0.6) is 5.75 Å². The minimum Gasteiger partial charge on any atom is -0.494 e. The molecule has 0 N–H and O–H groups in total. The Morgan fingerprint density at radius 3 is 2.34 bits per heavy atom. The summed E-state index contributed by atoms with van der Waals surface area (Å²) < 4.78 is 46.3. The van der Waals surface area contributed by atoms with Crippen LogP contribution in [0.3, 0.4) is 0 Å². The SMILES string of the molecule is CCOc1ccc(S(=O)(=O)N2CCN(C(=O)Cc3c(F)cccc3Cl)CC2)cc1. The van der Waals surface area contributed by atoms with E-state index in [0.29, 0.717) is 12.4 Å². The van der Waals surface area contributed by atoms with E-state index >= 15 is 0 Å². The summed E-state index contributed by atoms with van der Waals surface area (Å²) in [5, 5.41) is 0.204. The zero-order valence-electron chi connectivity index (χ0n) is 16.0. The van der Waals surface area contributed by atoms with Crippen molar-refractivity contribution in [1.82, 2.24) is 9.21 Å². The predicted molar refractivity (Wildman–Crippen MR) is 108 cm³/mol. The van der Waals surface area contributed by atoms with Crippen LogP contribution in [0.15, 0.2) is 47.4 Å². The summed E-state index contributed by atoms with van der Waals surface area (Å²) in [4.78, 5) is 14.2. The van der Waals surface area contributed by atoms with Crippen LogP contribution in [-0.2, 0) is 21.2 Å². The Balaban J connectivity index is 1.62. The van der Waals surface area contributed by atoms with E-state index in [4.69, 9.17) is 16.3 Å². The van der Waals surface area contributed by atoms with Crippen LogP contribution >= 0.6 is 11.6 Å². The fourth-order valence-corrected chi connectivity index (χ4v) is 4.82. The van der Waals surface area contributed by atoms with Gasteiger partial charge in [-0.05, 0) is 43.3 Å². The van der Waals surface area contributed by atoms with Gasteiger partial charge in [0.15, 0.2) is 0 Å². The Morgan fingerprint density at radius 1 is 1.10 bits per heavy atom. The smallest absolute Gasteiger partial charge is 0.243 e. The standard InChI is InChI=1S/C20H22ClFN2O4S/c1-2-28-15-6-8-16(9-7-15)29(26,27)24-12-10-23(11-13-24)20(25)14-17-18(21)4-3-5-19(17)22/h3-9H,2,10-14H2,1H3. The van der Waals surface area contributed by atoms with E-state index in [2.05, 4.69) is 0 Å². The Morgan fingerprint density at radius 2 is 1.76 bits per heavy atom. The van der Waals surface area contributed by atoms with Gasteiger partial charge in [-0.3, -0.25) is 4.79 Å². The van der Waals surface area contributed by atoms with Crippen LogP contribution in [0.1, 0.15) is 12.5 Å².